The van der Waals surface area contributed by atoms with Crippen molar-refractivity contribution in [1.29, 1.82) is 0 Å². The van der Waals surface area contributed by atoms with Gasteiger partial charge in [0.1, 0.15) is 10.6 Å². The van der Waals surface area contributed by atoms with Gasteiger partial charge in [-0.15, -0.1) is 27.6 Å². The smallest absolute Gasteiger partial charge is 0.399 e. The van der Waals surface area contributed by atoms with Crippen molar-refractivity contribution < 1.29 is 14.0 Å². The Labute approximate surface area is 214 Å². The lowest BCUT2D eigenvalue weighted by Crippen LogP contribution is -2.58. The van der Waals surface area contributed by atoms with E-state index in [0.29, 0.717) is 29.4 Å². The molecule has 9 nitrogen and oxygen atoms in total. The molecule has 1 unspecified atom stereocenters. The minimum Gasteiger partial charge on any atom is -0.399 e. The van der Waals surface area contributed by atoms with Crippen LogP contribution in [0.1, 0.15) is 21.7 Å². The zero-order valence-electron chi connectivity index (χ0n) is 19.3. The maximum atomic E-state index is 13.7. The monoisotopic (exact) mass is 529 g/mol. The second-order valence-electron chi connectivity index (χ2n) is 8.85. The maximum Gasteiger partial charge on any atom is 0.438 e. The fourth-order valence-corrected chi connectivity index (χ4v) is 7.18. The second kappa shape index (κ2) is 8.09. The summed E-state index contributed by atoms with van der Waals surface area (Å²) in [6.45, 7) is 3.39. The lowest BCUT2D eigenvalue weighted by atomic mass is 10.1. The molecule has 6 rings (SSSR count). The summed E-state index contributed by atoms with van der Waals surface area (Å²) in [4.78, 5) is 37.4. The zero-order chi connectivity index (χ0) is 24.5. The first kappa shape index (κ1) is 22.6. The second-order valence-corrected chi connectivity index (χ2v) is 11.4. The van der Waals surface area contributed by atoms with Gasteiger partial charge in [0.25, 0.3) is 5.91 Å². The molecule has 0 aromatic carbocycles. The molecule has 2 atom stereocenters. The van der Waals surface area contributed by atoms with Gasteiger partial charge in [-0.3, -0.25) is 4.79 Å². The van der Waals surface area contributed by atoms with Gasteiger partial charge < -0.3 is 13.6 Å². The van der Waals surface area contributed by atoms with Gasteiger partial charge >= 0.3 is 11.9 Å². The Morgan fingerprint density at radius 3 is 2.80 bits per heavy atom. The Balaban J connectivity index is 1.60. The molecule has 0 N–H and O–H groups in total. The minimum atomic E-state index is -0.394. The molecule has 2 aliphatic heterocycles. The van der Waals surface area contributed by atoms with Crippen LogP contribution in [0.2, 0.25) is 5.22 Å². The zero-order valence-corrected chi connectivity index (χ0v) is 21.7. The Bertz CT molecular complexity index is 1470. The molecule has 180 valence electrons. The van der Waals surface area contributed by atoms with Gasteiger partial charge in [0.15, 0.2) is 10.9 Å². The Kier molecular flexibility index (Phi) is 5.22. The number of thioether (sulfide) groups is 1. The number of aromatic nitrogens is 4. The highest BCUT2D eigenvalue weighted by molar-refractivity contribution is 7.99. The quantitative estimate of drug-likeness (QED) is 0.340. The average Bonchev–Trinajstić information content (AvgIpc) is 3.63. The summed E-state index contributed by atoms with van der Waals surface area (Å²) in [7, 11) is 3.28. The topological polar surface area (TPSA) is 86.2 Å². The highest BCUT2D eigenvalue weighted by Gasteiger charge is 2.56. The van der Waals surface area contributed by atoms with E-state index < -0.39 is 6.03 Å². The molecule has 0 radical (unpaired) electrons. The average molecular weight is 530 g/mol. The van der Waals surface area contributed by atoms with Crippen LogP contribution in [0, 0.1) is 6.92 Å². The van der Waals surface area contributed by atoms with Gasteiger partial charge in [-0.05, 0) is 18.5 Å². The van der Waals surface area contributed by atoms with Crippen LogP contribution >= 0.6 is 34.7 Å². The molecule has 3 amide bonds. The molecule has 0 spiro atoms. The van der Waals surface area contributed by atoms with Crippen LogP contribution in [0.25, 0.3) is 10.7 Å². The molecule has 0 saturated carbocycles. The van der Waals surface area contributed by atoms with Crippen molar-refractivity contribution in [3.8, 4) is 10.7 Å². The van der Waals surface area contributed by atoms with E-state index in [1.54, 1.807) is 37.1 Å². The van der Waals surface area contributed by atoms with E-state index in [4.69, 9.17) is 21.0 Å². The summed E-state index contributed by atoms with van der Waals surface area (Å²) in [5, 5.41) is 3.18. The van der Waals surface area contributed by atoms with Crippen LogP contribution in [-0.4, -0.2) is 55.3 Å². The number of hydrogen-bond acceptors (Lipinski definition) is 7. The Morgan fingerprint density at radius 2 is 2.14 bits per heavy atom. The van der Waals surface area contributed by atoms with Gasteiger partial charge in [0.05, 0.1) is 24.8 Å². The van der Waals surface area contributed by atoms with Gasteiger partial charge in [0.2, 0.25) is 0 Å². The van der Waals surface area contributed by atoms with Crippen molar-refractivity contribution in [1.82, 2.24) is 28.5 Å². The standard InChI is InChI=1S/C23H22ClN6O3S2/c1-13-10-35-21(26-13)19-18-20(15-11-34-14(9-29(15)19)8-28-7-6-25-12-28)30(3,17-5-4-16(24)33-17)23(32)27(2)22(18)31/h4-7,10,12,14H,8-9,11H2,1-3H3/q+1/t14-,30?/m0/s1. The van der Waals surface area contributed by atoms with Crippen molar-refractivity contribution in [3.63, 3.8) is 0 Å². The number of rotatable bonds is 4. The number of imide groups is 1. The normalized spacial score (nSPS) is 21.9. The lowest BCUT2D eigenvalue weighted by Gasteiger charge is -2.35. The number of imidazole rings is 1. The van der Waals surface area contributed by atoms with Crippen LogP contribution < -0.4 is 4.48 Å². The number of amides is 3. The number of fused-ring (bicyclic) bond motifs is 3. The van der Waals surface area contributed by atoms with Crippen molar-refractivity contribution in [2.75, 3.05) is 14.1 Å². The molecular formula is C23H22ClN6O3S2+. The first-order valence-corrected chi connectivity index (χ1v) is 13.3. The Morgan fingerprint density at radius 1 is 1.31 bits per heavy atom. The number of nitrogens with zero attached hydrogens (tertiary/aromatic N) is 6. The number of hydrogen-bond donors (Lipinski definition) is 0. The molecule has 0 bridgehead atoms. The number of furan rings is 1. The molecule has 0 saturated heterocycles. The third-order valence-electron chi connectivity index (χ3n) is 6.61. The van der Waals surface area contributed by atoms with E-state index in [1.165, 1.54) is 23.3 Å². The number of carbonyl (C=O) groups excluding carboxylic acids is 2. The number of urea groups is 1. The van der Waals surface area contributed by atoms with Gasteiger partial charge in [-0.2, -0.15) is 0 Å². The largest absolute Gasteiger partial charge is 0.438 e. The lowest BCUT2D eigenvalue weighted by molar-refractivity contribution is 0.0794. The number of carbonyl (C=O) groups is 2. The van der Waals surface area contributed by atoms with Crippen molar-refractivity contribution >= 4 is 58.2 Å². The van der Waals surface area contributed by atoms with Crippen molar-refractivity contribution in [2.45, 2.75) is 31.0 Å². The van der Waals surface area contributed by atoms with E-state index in [2.05, 4.69) is 14.1 Å². The third kappa shape index (κ3) is 3.33. The van der Waals surface area contributed by atoms with E-state index in [-0.39, 0.29) is 20.9 Å². The van der Waals surface area contributed by atoms with Crippen LogP contribution in [0.3, 0.4) is 0 Å². The molecule has 6 heterocycles. The number of aryl methyl sites for hydroxylation is 1. The molecule has 35 heavy (non-hydrogen) atoms. The summed E-state index contributed by atoms with van der Waals surface area (Å²) >= 11 is 9.43. The first-order valence-electron chi connectivity index (χ1n) is 11.0. The predicted octanol–water partition coefficient (Wildman–Crippen LogP) is 5.15. The highest BCUT2D eigenvalue weighted by atomic mass is 35.5. The Hall–Kier alpha value is -2.86. The number of halogens is 1. The maximum absolute atomic E-state index is 13.7. The summed E-state index contributed by atoms with van der Waals surface area (Å²) < 4.78 is 9.72. The van der Waals surface area contributed by atoms with Crippen LogP contribution in [0.4, 0.5) is 16.4 Å². The molecule has 0 aliphatic carbocycles. The van der Waals surface area contributed by atoms with E-state index in [1.807, 2.05) is 24.8 Å². The first-order chi connectivity index (χ1) is 16.8. The van der Waals surface area contributed by atoms with Gasteiger partial charge in [0, 0.05) is 66.7 Å². The molecule has 4 aromatic heterocycles. The van der Waals surface area contributed by atoms with E-state index >= 15 is 0 Å². The number of quaternary nitrogens is 1. The highest BCUT2D eigenvalue weighted by Crippen LogP contribution is 2.51. The van der Waals surface area contributed by atoms with Gasteiger partial charge in [-0.25, -0.2) is 19.7 Å². The fourth-order valence-electron chi connectivity index (χ4n) is 4.96. The molecular weight excluding hydrogens is 508 g/mol. The van der Waals surface area contributed by atoms with Crippen molar-refractivity contribution in [2.24, 2.45) is 0 Å². The fraction of sp³-hybridized carbons (Fsp3) is 0.304. The third-order valence-corrected chi connectivity index (χ3v) is 8.99. The van der Waals surface area contributed by atoms with Gasteiger partial charge in [-0.1, -0.05) is 0 Å². The van der Waals surface area contributed by atoms with Crippen molar-refractivity contribution in [3.05, 3.63) is 58.4 Å². The van der Waals surface area contributed by atoms with Crippen LogP contribution in [-0.2, 0) is 18.8 Å². The molecule has 0 fully saturated rings. The van der Waals surface area contributed by atoms with E-state index in [0.717, 1.165) is 28.6 Å². The molecule has 2 aliphatic rings. The summed E-state index contributed by atoms with van der Waals surface area (Å²) in [5.41, 5.74) is 3.71. The summed E-state index contributed by atoms with van der Waals surface area (Å²) in [6.07, 6.45) is 5.54. The van der Waals surface area contributed by atoms with Crippen LogP contribution in [0.15, 0.2) is 40.7 Å². The van der Waals surface area contributed by atoms with E-state index in [9.17, 15) is 9.59 Å². The predicted molar refractivity (Wildman–Crippen MR) is 136 cm³/mol. The number of thiazole rings is 1. The summed E-state index contributed by atoms with van der Waals surface area (Å²) in [6, 6.07) is 2.92. The minimum absolute atomic E-state index is 0.187. The molecule has 4 aromatic rings. The summed E-state index contributed by atoms with van der Waals surface area (Å²) in [5.74, 6) is 0.666. The SMILES string of the molecule is Cc1csc(-c2c3c(c4n2C[C@H](Cn2ccnc2)SC4)[N+](C)(c2ccc(Cl)o2)C(=O)N(C)C3=O)n1. The van der Waals surface area contributed by atoms with Crippen LogP contribution in [0.5, 0.6) is 0 Å². The molecule has 12 heteroatoms.